The SMILES string of the molecule is Cc1cccc2c(=O)c(C(=O)OC3(F)CC3)c[nH]c12. The van der Waals surface area contributed by atoms with Crippen LogP contribution in [-0.2, 0) is 4.74 Å². The average Bonchev–Trinajstić information content (AvgIpc) is 3.08. The fourth-order valence-corrected chi connectivity index (χ4v) is 1.98. The van der Waals surface area contributed by atoms with Crippen LogP contribution in [0.1, 0.15) is 28.8 Å². The molecule has 5 heteroatoms. The van der Waals surface area contributed by atoms with Gasteiger partial charge in [0.05, 0.1) is 5.52 Å². The number of pyridine rings is 1. The van der Waals surface area contributed by atoms with Crippen LogP contribution in [0.4, 0.5) is 4.39 Å². The lowest BCUT2D eigenvalue weighted by molar-refractivity contribution is -0.0319. The molecule has 0 atom stereocenters. The van der Waals surface area contributed by atoms with Crippen LogP contribution in [0, 0.1) is 6.92 Å². The topological polar surface area (TPSA) is 59.2 Å². The summed E-state index contributed by atoms with van der Waals surface area (Å²) in [5.41, 5.74) is 0.970. The minimum absolute atomic E-state index is 0.165. The first-order valence-corrected chi connectivity index (χ1v) is 6.03. The van der Waals surface area contributed by atoms with Gasteiger partial charge in [-0.15, -0.1) is 0 Å². The Bertz CT molecular complexity index is 731. The van der Waals surface area contributed by atoms with Crippen LogP contribution in [0.15, 0.2) is 29.2 Å². The predicted octanol–water partition coefficient (Wildman–Crippen LogP) is 2.45. The number of benzene rings is 1. The first-order valence-electron chi connectivity index (χ1n) is 6.03. The summed E-state index contributed by atoms with van der Waals surface area (Å²) < 4.78 is 18.1. The molecule has 2 aromatic rings. The van der Waals surface area contributed by atoms with E-state index in [4.69, 9.17) is 0 Å². The maximum atomic E-state index is 13.4. The lowest BCUT2D eigenvalue weighted by Crippen LogP contribution is -2.22. The van der Waals surface area contributed by atoms with Gasteiger partial charge in [0.1, 0.15) is 5.56 Å². The quantitative estimate of drug-likeness (QED) is 0.845. The van der Waals surface area contributed by atoms with Crippen molar-refractivity contribution in [1.82, 2.24) is 4.98 Å². The zero-order valence-corrected chi connectivity index (χ0v) is 10.3. The number of ether oxygens (including phenoxy) is 1. The molecule has 3 rings (SSSR count). The largest absolute Gasteiger partial charge is 0.425 e. The second kappa shape index (κ2) is 3.91. The van der Waals surface area contributed by atoms with Gasteiger partial charge in [0, 0.05) is 24.4 Å². The van der Waals surface area contributed by atoms with Gasteiger partial charge in [-0.3, -0.25) is 4.79 Å². The Morgan fingerprint density at radius 2 is 2.16 bits per heavy atom. The van der Waals surface area contributed by atoms with Gasteiger partial charge in [-0.2, -0.15) is 4.39 Å². The van der Waals surface area contributed by atoms with E-state index in [-0.39, 0.29) is 18.4 Å². The summed E-state index contributed by atoms with van der Waals surface area (Å²) in [5, 5.41) is 0.401. The van der Waals surface area contributed by atoms with Crippen LogP contribution in [0.2, 0.25) is 0 Å². The van der Waals surface area contributed by atoms with E-state index in [2.05, 4.69) is 9.72 Å². The van der Waals surface area contributed by atoms with Crippen LogP contribution in [0.5, 0.6) is 0 Å². The van der Waals surface area contributed by atoms with Gasteiger partial charge in [-0.05, 0) is 18.6 Å². The lowest BCUT2D eigenvalue weighted by atomic mass is 10.1. The Balaban J connectivity index is 2.08. The molecule has 0 aliphatic heterocycles. The van der Waals surface area contributed by atoms with Gasteiger partial charge in [-0.1, -0.05) is 12.1 Å². The zero-order valence-electron chi connectivity index (χ0n) is 10.3. The molecule has 1 aromatic heterocycles. The molecule has 1 aliphatic rings. The number of halogens is 1. The summed E-state index contributed by atoms with van der Waals surface area (Å²) in [6.45, 7) is 1.86. The molecule has 1 saturated carbocycles. The van der Waals surface area contributed by atoms with Gasteiger partial charge in [0.2, 0.25) is 5.43 Å². The van der Waals surface area contributed by atoms with Crippen LogP contribution in [0.3, 0.4) is 0 Å². The molecule has 0 saturated heterocycles. The van der Waals surface area contributed by atoms with Gasteiger partial charge < -0.3 is 9.72 Å². The molecule has 1 fully saturated rings. The molecule has 98 valence electrons. The normalized spacial score (nSPS) is 16.3. The number of carbonyl (C=O) groups is 1. The van der Waals surface area contributed by atoms with E-state index in [0.717, 1.165) is 5.56 Å². The highest BCUT2D eigenvalue weighted by Crippen LogP contribution is 2.41. The van der Waals surface area contributed by atoms with Crippen LogP contribution >= 0.6 is 0 Å². The van der Waals surface area contributed by atoms with Gasteiger partial charge >= 0.3 is 5.97 Å². The van der Waals surface area contributed by atoms with Gasteiger partial charge in [0.25, 0.3) is 5.85 Å². The van der Waals surface area contributed by atoms with Crippen molar-refractivity contribution < 1.29 is 13.9 Å². The molecule has 1 heterocycles. The molecular formula is C14H12FNO3. The van der Waals surface area contributed by atoms with Crippen LogP contribution in [0.25, 0.3) is 10.9 Å². The fraction of sp³-hybridized carbons (Fsp3) is 0.286. The Morgan fingerprint density at radius 3 is 2.84 bits per heavy atom. The maximum absolute atomic E-state index is 13.4. The van der Waals surface area contributed by atoms with Crippen LogP contribution < -0.4 is 5.43 Å². The van der Waals surface area contributed by atoms with Crippen molar-refractivity contribution in [3.8, 4) is 0 Å². The van der Waals surface area contributed by atoms with E-state index in [9.17, 15) is 14.0 Å². The first kappa shape index (κ1) is 11.9. The monoisotopic (exact) mass is 261 g/mol. The minimum atomic E-state index is -1.87. The molecule has 1 N–H and O–H groups in total. The van der Waals surface area contributed by atoms with Crippen molar-refractivity contribution in [2.45, 2.75) is 25.6 Å². The number of aryl methyl sites for hydroxylation is 1. The number of aromatic nitrogens is 1. The molecule has 4 nitrogen and oxygen atoms in total. The zero-order chi connectivity index (χ0) is 13.6. The van der Waals surface area contributed by atoms with Gasteiger partial charge in [0.15, 0.2) is 0 Å². The third-order valence-corrected chi connectivity index (χ3v) is 3.26. The number of alkyl halides is 1. The molecule has 1 aliphatic carbocycles. The summed E-state index contributed by atoms with van der Waals surface area (Å²) in [7, 11) is 0. The number of esters is 1. The Kier molecular flexibility index (Phi) is 2.45. The predicted molar refractivity (Wildman–Crippen MR) is 67.8 cm³/mol. The summed E-state index contributed by atoms with van der Waals surface area (Å²) in [4.78, 5) is 26.8. The van der Waals surface area contributed by atoms with E-state index >= 15 is 0 Å². The molecule has 0 spiro atoms. The highest BCUT2D eigenvalue weighted by atomic mass is 19.2. The number of para-hydroxylation sites is 1. The third kappa shape index (κ3) is 2.01. The molecular weight excluding hydrogens is 249 g/mol. The second-order valence-corrected chi connectivity index (χ2v) is 4.80. The van der Waals surface area contributed by atoms with Crippen molar-refractivity contribution in [2.75, 3.05) is 0 Å². The number of hydrogen-bond donors (Lipinski definition) is 1. The lowest BCUT2D eigenvalue weighted by Gasteiger charge is -2.08. The van der Waals surface area contributed by atoms with E-state index in [1.807, 2.05) is 13.0 Å². The van der Waals surface area contributed by atoms with Gasteiger partial charge in [-0.25, -0.2) is 4.79 Å². The average molecular weight is 261 g/mol. The highest BCUT2D eigenvalue weighted by molar-refractivity contribution is 5.94. The smallest absolute Gasteiger partial charge is 0.346 e. The summed E-state index contributed by atoms with van der Waals surface area (Å²) >= 11 is 0. The fourth-order valence-electron chi connectivity index (χ4n) is 1.98. The number of fused-ring (bicyclic) bond motifs is 1. The second-order valence-electron chi connectivity index (χ2n) is 4.80. The number of nitrogens with one attached hydrogen (secondary N) is 1. The van der Waals surface area contributed by atoms with Crippen molar-refractivity contribution in [3.05, 3.63) is 45.7 Å². The number of carbonyl (C=O) groups excluding carboxylic acids is 1. The molecule has 1 aromatic carbocycles. The maximum Gasteiger partial charge on any atom is 0.346 e. The first-order chi connectivity index (χ1) is 9.00. The van der Waals surface area contributed by atoms with E-state index in [1.54, 1.807) is 12.1 Å². The molecule has 0 unspecified atom stereocenters. The summed E-state index contributed by atoms with van der Waals surface area (Å²) in [5.74, 6) is -2.78. The van der Waals surface area contributed by atoms with E-state index < -0.39 is 17.3 Å². The molecule has 19 heavy (non-hydrogen) atoms. The molecule has 0 radical (unpaired) electrons. The summed E-state index contributed by atoms with van der Waals surface area (Å²) in [6, 6.07) is 5.22. The Morgan fingerprint density at radius 1 is 1.42 bits per heavy atom. The van der Waals surface area contributed by atoms with Crippen molar-refractivity contribution >= 4 is 16.9 Å². The third-order valence-electron chi connectivity index (χ3n) is 3.26. The van der Waals surface area contributed by atoms with Crippen molar-refractivity contribution in [1.29, 1.82) is 0 Å². The Labute approximate surface area is 108 Å². The molecule has 0 amide bonds. The summed E-state index contributed by atoms with van der Waals surface area (Å²) in [6.07, 6.45) is 1.68. The number of hydrogen-bond acceptors (Lipinski definition) is 3. The highest BCUT2D eigenvalue weighted by Gasteiger charge is 2.48. The van der Waals surface area contributed by atoms with E-state index in [1.165, 1.54) is 6.20 Å². The van der Waals surface area contributed by atoms with Crippen molar-refractivity contribution in [2.24, 2.45) is 0 Å². The number of rotatable bonds is 2. The van der Waals surface area contributed by atoms with Crippen LogP contribution in [-0.4, -0.2) is 16.8 Å². The minimum Gasteiger partial charge on any atom is -0.425 e. The number of H-pyrrole nitrogens is 1. The number of aromatic amines is 1. The van der Waals surface area contributed by atoms with Crippen molar-refractivity contribution in [3.63, 3.8) is 0 Å². The standard InChI is InChI=1S/C14H12FNO3/c1-8-3-2-4-9-11(8)16-7-10(12(9)17)13(18)19-14(15)5-6-14/h2-4,7H,5-6H2,1H3,(H,16,17). The Hall–Kier alpha value is -2.17. The van der Waals surface area contributed by atoms with E-state index in [0.29, 0.717) is 10.9 Å². The molecule has 0 bridgehead atoms.